The molecule has 2 unspecified atom stereocenters. The van der Waals surface area contributed by atoms with Gasteiger partial charge in [-0.2, -0.15) is 0 Å². The molecule has 3 nitrogen and oxygen atoms in total. The average Bonchev–Trinajstić information content (AvgIpc) is 2.98. The Labute approximate surface area is 110 Å². The van der Waals surface area contributed by atoms with Gasteiger partial charge in [0.05, 0.1) is 0 Å². The topological polar surface area (TPSA) is 31.9 Å². The number of nitrogens with zero attached hydrogens (tertiary/aromatic N) is 2. The molecule has 2 atom stereocenters. The lowest BCUT2D eigenvalue weighted by Gasteiger charge is -2.36. The number of hydrogen-bond acceptors (Lipinski definition) is 2. The van der Waals surface area contributed by atoms with Gasteiger partial charge in [-0.15, -0.1) is 0 Å². The molecule has 1 saturated carbocycles. The molecular formula is C15H25N3. The van der Waals surface area contributed by atoms with Crippen molar-refractivity contribution in [2.45, 2.75) is 57.9 Å². The monoisotopic (exact) mass is 247 g/mol. The molecule has 0 radical (unpaired) electrons. The summed E-state index contributed by atoms with van der Waals surface area (Å²) >= 11 is 0. The summed E-state index contributed by atoms with van der Waals surface area (Å²) in [5.74, 6) is 1.81. The van der Waals surface area contributed by atoms with Gasteiger partial charge in [0.25, 0.3) is 0 Å². The number of aromatic nitrogens is 2. The highest BCUT2D eigenvalue weighted by Crippen LogP contribution is 2.41. The smallest absolute Gasteiger partial charge is 0.110 e. The Bertz CT molecular complexity index is 382. The largest absolute Gasteiger partial charge is 0.348 e. The van der Waals surface area contributed by atoms with Crippen LogP contribution in [0.5, 0.6) is 0 Å². The maximum Gasteiger partial charge on any atom is 0.110 e. The molecule has 3 rings (SSSR count). The van der Waals surface area contributed by atoms with E-state index in [1.54, 1.807) is 0 Å². The standard InChI is InChI=1S/C15H25N3/c1-15(2)6-5-13(10-15)18-9-3-4-12(11-18)14-16-7-8-17-14/h7-8,12-13H,3-6,9-11H2,1-2H3,(H,16,17). The second-order valence-corrected chi connectivity index (χ2v) is 6.87. The normalized spacial score (nSPS) is 32.8. The molecule has 1 aromatic rings. The highest BCUT2D eigenvalue weighted by atomic mass is 15.2. The Hall–Kier alpha value is -0.830. The second-order valence-electron chi connectivity index (χ2n) is 6.87. The van der Waals surface area contributed by atoms with Crippen molar-refractivity contribution >= 4 is 0 Å². The molecule has 2 heterocycles. The van der Waals surface area contributed by atoms with Crippen LogP contribution in [0, 0.1) is 5.41 Å². The van der Waals surface area contributed by atoms with Gasteiger partial charge in [-0.05, 0) is 44.1 Å². The summed E-state index contributed by atoms with van der Waals surface area (Å²) in [5, 5.41) is 0. The Morgan fingerprint density at radius 2 is 2.28 bits per heavy atom. The van der Waals surface area contributed by atoms with Crippen LogP contribution in [0.4, 0.5) is 0 Å². The summed E-state index contributed by atoms with van der Waals surface area (Å²) in [6.45, 7) is 7.33. The van der Waals surface area contributed by atoms with Crippen LogP contribution in [0.1, 0.15) is 57.7 Å². The Kier molecular flexibility index (Phi) is 3.18. The average molecular weight is 247 g/mol. The molecule has 0 amide bonds. The molecule has 2 aliphatic rings. The lowest BCUT2D eigenvalue weighted by Crippen LogP contribution is -2.41. The van der Waals surface area contributed by atoms with Gasteiger partial charge < -0.3 is 4.98 Å². The lowest BCUT2D eigenvalue weighted by molar-refractivity contribution is 0.140. The van der Waals surface area contributed by atoms with Gasteiger partial charge in [-0.3, -0.25) is 4.90 Å². The number of hydrogen-bond donors (Lipinski definition) is 1. The molecule has 0 spiro atoms. The van der Waals surface area contributed by atoms with Crippen LogP contribution in [0.15, 0.2) is 12.4 Å². The lowest BCUT2D eigenvalue weighted by atomic mass is 9.90. The highest BCUT2D eigenvalue weighted by Gasteiger charge is 2.36. The van der Waals surface area contributed by atoms with E-state index in [9.17, 15) is 0 Å². The highest BCUT2D eigenvalue weighted by molar-refractivity contribution is 5.01. The van der Waals surface area contributed by atoms with Crippen molar-refractivity contribution in [3.8, 4) is 0 Å². The molecule has 100 valence electrons. The van der Waals surface area contributed by atoms with Gasteiger partial charge in [-0.25, -0.2) is 4.98 Å². The van der Waals surface area contributed by atoms with Gasteiger partial charge in [-0.1, -0.05) is 13.8 Å². The molecule has 1 saturated heterocycles. The molecule has 1 N–H and O–H groups in total. The molecule has 1 aromatic heterocycles. The van der Waals surface area contributed by atoms with Gasteiger partial charge in [0, 0.05) is 30.9 Å². The maximum atomic E-state index is 4.45. The first-order chi connectivity index (χ1) is 8.64. The Morgan fingerprint density at radius 1 is 1.39 bits per heavy atom. The minimum absolute atomic E-state index is 0.558. The summed E-state index contributed by atoms with van der Waals surface area (Å²) in [4.78, 5) is 10.5. The zero-order chi connectivity index (χ0) is 12.6. The van der Waals surface area contributed by atoms with Crippen molar-refractivity contribution in [3.05, 3.63) is 18.2 Å². The summed E-state index contributed by atoms with van der Waals surface area (Å²) in [6, 6.07) is 0.817. The Balaban J connectivity index is 1.64. The van der Waals surface area contributed by atoms with Crippen molar-refractivity contribution in [1.29, 1.82) is 0 Å². The quantitative estimate of drug-likeness (QED) is 0.870. The van der Waals surface area contributed by atoms with Crippen LogP contribution in [-0.2, 0) is 0 Å². The van der Waals surface area contributed by atoms with Gasteiger partial charge in [0.2, 0.25) is 0 Å². The van der Waals surface area contributed by atoms with Crippen molar-refractivity contribution < 1.29 is 0 Å². The van der Waals surface area contributed by atoms with Crippen LogP contribution in [0.3, 0.4) is 0 Å². The van der Waals surface area contributed by atoms with Crippen LogP contribution < -0.4 is 0 Å². The molecule has 3 heteroatoms. The van der Waals surface area contributed by atoms with E-state index >= 15 is 0 Å². The van der Waals surface area contributed by atoms with E-state index < -0.39 is 0 Å². The third kappa shape index (κ3) is 2.46. The number of piperidine rings is 1. The van der Waals surface area contributed by atoms with Crippen LogP contribution in [0.25, 0.3) is 0 Å². The third-order valence-electron chi connectivity index (χ3n) is 4.82. The zero-order valence-corrected chi connectivity index (χ0v) is 11.7. The number of rotatable bonds is 2. The molecule has 0 aromatic carbocycles. The van der Waals surface area contributed by atoms with E-state index in [2.05, 4.69) is 28.7 Å². The van der Waals surface area contributed by atoms with Crippen molar-refractivity contribution in [2.75, 3.05) is 13.1 Å². The molecule has 1 aliphatic carbocycles. The van der Waals surface area contributed by atoms with Gasteiger partial charge >= 0.3 is 0 Å². The van der Waals surface area contributed by atoms with Gasteiger partial charge in [0.15, 0.2) is 0 Å². The van der Waals surface area contributed by atoms with E-state index in [1.165, 1.54) is 51.0 Å². The first-order valence-corrected chi connectivity index (χ1v) is 7.37. The van der Waals surface area contributed by atoms with Crippen LogP contribution in [0.2, 0.25) is 0 Å². The minimum atomic E-state index is 0.558. The molecule has 18 heavy (non-hydrogen) atoms. The summed E-state index contributed by atoms with van der Waals surface area (Å²) in [5.41, 5.74) is 0.558. The fraction of sp³-hybridized carbons (Fsp3) is 0.800. The molecule has 0 bridgehead atoms. The first kappa shape index (κ1) is 12.2. The fourth-order valence-corrected chi connectivity index (χ4v) is 3.77. The summed E-state index contributed by atoms with van der Waals surface area (Å²) in [7, 11) is 0. The van der Waals surface area contributed by atoms with Gasteiger partial charge in [0.1, 0.15) is 5.82 Å². The maximum absolute atomic E-state index is 4.45. The number of imidazole rings is 1. The zero-order valence-electron chi connectivity index (χ0n) is 11.7. The number of aromatic amines is 1. The SMILES string of the molecule is CC1(C)CCC(N2CCCC(c3ncc[nH]3)C2)C1. The predicted octanol–water partition coefficient (Wildman–Crippen LogP) is 3.17. The number of H-pyrrole nitrogens is 1. The van der Waals surface area contributed by atoms with Crippen molar-refractivity contribution in [2.24, 2.45) is 5.41 Å². The number of nitrogens with one attached hydrogen (secondary N) is 1. The fourth-order valence-electron chi connectivity index (χ4n) is 3.77. The van der Waals surface area contributed by atoms with Crippen LogP contribution in [-0.4, -0.2) is 34.0 Å². The van der Waals surface area contributed by atoms with Crippen molar-refractivity contribution in [3.63, 3.8) is 0 Å². The second kappa shape index (κ2) is 4.69. The predicted molar refractivity (Wildman–Crippen MR) is 73.6 cm³/mol. The molecule has 2 fully saturated rings. The van der Waals surface area contributed by atoms with Crippen LogP contribution >= 0.6 is 0 Å². The number of likely N-dealkylation sites (tertiary alicyclic amines) is 1. The van der Waals surface area contributed by atoms with E-state index in [-0.39, 0.29) is 0 Å². The first-order valence-electron chi connectivity index (χ1n) is 7.37. The van der Waals surface area contributed by atoms with E-state index in [4.69, 9.17) is 0 Å². The third-order valence-corrected chi connectivity index (χ3v) is 4.82. The van der Waals surface area contributed by atoms with E-state index in [0.29, 0.717) is 11.3 Å². The minimum Gasteiger partial charge on any atom is -0.348 e. The summed E-state index contributed by atoms with van der Waals surface area (Å²) < 4.78 is 0. The molecule has 1 aliphatic heterocycles. The van der Waals surface area contributed by atoms with E-state index in [0.717, 1.165) is 6.04 Å². The van der Waals surface area contributed by atoms with Crippen molar-refractivity contribution in [1.82, 2.24) is 14.9 Å². The molecular weight excluding hydrogens is 222 g/mol. The summed E-state index contributed by atoms with van der Waals surface area (Å²) in [6.07, 6.45) is 10.6. The van der Waals surface area contributed by atoms with E-state index in [1.807, 2.05) is 12.4 Å². The Morgan fingerprint density at radius 3 is 2.94 bits per heavy atom.